The molecule has 0 aromatic heterocycles. The molecule has 0 amide bonds. The smallest absolute Gasteiger partial charge is 0.370 e. The fourth-order valence-electron chi connectivity index (χ4n) is 1.68. The highest BCUT2D eigenvalue weighted by Crippen LogP contribution is 2.15. The van der Waals surface area contributed by atoms with E-state index in [1.807, 2.05) is 6.92 Å². The summed E-state index contributed by atoms with van der Waals surface area (Å²) in [4.78, 5) is 0. The molecule has 0 aromatic carbocycles. The second-order valence-electron chi connectivity index (χ2n) is 5.11. The highest BCUT2D eigenvalue weighted by Gasteiger charge is 2.27. The maximum Gasteiger partial charge on any atom is 0.411 e. The molecule has 0 aromatic rings. The van der Waals surface area contributed by atoms with Crippen LogP contribution in [0, 0.1) is 5.92 Å². The minimum atomic E-state index is -4.23. The van der Waals surface area contributed by atoms with Crippen LogP contribution >= 0.6 is 0 Å². The van der Waals surface area contributed by atoms with Gasteiger partial charge in [0.05, 0.1) is 6.61 Å². The molecule has 1 atom stereocenters. The van der Waals surface area contributed by atoms with Gasteiger partial charge in [-0.05, 0) is 25.3 Å². The van der Waals surface area contributed by atoms with E-state index >= 15 is 0 Å². The summed E-state index contributed by atoms with van der Waals surface area (Å²) in [5, 5.41) is 3.24. The lowest BCUT2D eigenvalue weighted by molar-refractivity contribution is -0.175. The van der Waals surface area contributed by atoms with E-state index in [1.165, 1.54) is 0 Å². The number of hydrogen-bond donors (Lipinski definition) is 1. The molecule has 18 heavy (non-hydrogen) atoms. The Labute approximate surface area is 108 Å². The van der Waals surface area contributed by atoms with E-state index in [1.54, 1.807) is 0 Å². The average molecular weight is 269 g/mol. The molecule has 1 N–H and O–H groups in total. The average Bonchev–Trinajstić information content (AvgIpc) is 2.23. The van der Waals surface area contributed by atoms with E-state index < -0.39 is 12.8 Å². The number of halogens is 3. The summed E-state index contributed by atoms with van der Waals surface area (Å²) >= 11 is 0. The van der Waals surface area contributed by atoms with Crippen LogP contribution < -0.4 is 5.32 Å². The van der Waals surface area contributed by atoms with Crippen molar-refractivity contribution >= 4 is 0 Å². The molecule has 0 aliphatic carbocycles. The molecule has 110 valence electrons. The second kappa shape index (κ2) is 9.62. The van der Waals surface area contributed by atoms with Gasteiger partial charge in [0, 0.05) is 6.04 Å². The Bertz CT molecular complexity index is 195. The topological polar surface area (TPSA) is 21.3 Å². The van der Waals surface area contributed by atoms with Crippen molar-refractivity contribution in [2.75, 3.05) is 19.8 Å². The molecular formula is C13H26F3NO. The maximum absolute atomic E-state index is 12.0. The predicted molar refractivity (Wildman–Crippen MR) is 67.6 cm³/mol. The van der Waals surface area contributed by atoms with Gasteiger partial charge >= 0.3 is 6.18 Å². The van der Waals surface area contributed by atoms with Crippen molar-refractivity contribution in [3.63, 3.8) is 0 Å². The van der Waals surface area contributed by atoms with Gasteiger partial charge in [0.1, 0.15) is 6.61 Å². The second-order valence-corrected chi connectivity index (χ2v) is 5.11. The van der Waals surface area contributed by atoms with E-state index in [-0.39, 0.29) is 12.6 Å². The van der Waals surface area contributed by atoms with Crippen LogP contribution in [0.2, 0.25) is 0 Å². The third-order valence-corrected chi connectivity index (χ3v) is 2.60. The van der Waals surface area contributed by atoms with Crippen molar-refractivity contribution in [3.8, 4) is 0 Å². The summed E-state index contributed by atoms with van der Waals surface area (Å²) in [5.41, 5.74) is 0. The Morgan fingerprint density at radius 3 is 2.33 bits per heavy atom. The van der Waals surface area contributed by atoms with Crippen molar-refractivity contribution in [2.24, 2.45) is 5.92 Å². The molecule has 5 heteroatoms. The fourth-order valence-corrected chi connectivity index (χ4v) is 1.68. The molecule has 2 nitrogen and oxygen atoms in total. The van der Waals surface area contributed by atoms with Gasteiger partial charge in [-0.1, -0.05) is 33.6 Å². The van der Waals surface area contributed by atoms with E-state index in [9.17, 15) is 13.2 Å². The molecule has 0 saturated heterocycles. The van der Waals surface area contributed by atoms with Gasteiger partial charge in [0.2, 0.25) is 0 Å². The minimum Gasteiger partial charge on any atom is -0.370 e. The number of hydrogen-bond acceptors (Lipinski definition) is 2. The molecule has 0 heterocycles. The number of rotatable bonds is 10. The van der Waals surface area contributed by atoms with Gasteiger partial charge in [-0.2, -0.15) is 13.2 Å². The highest BCUT2D eigenvalue weighted by molar-refractivity contribution is 4.67. The Hall–Kier alpha value is -0.290. The first kappa shape index (κ1) is 17.7. The zero-order chi connectivity index (χ0) is 14.0. The molecular weight excluding hydrogens is 243 g/mol. The first-order chi connectivity index (χ1) is 8.35. The quantitative estimate of drug-likeness (QED) is 0.652. The Balaban J connectivity index is 3.83. The molecule has 0 rings (SSSR count). The molecule has 0 radical (unpaired) electrons. The molecule has 0 bridgehead atoms. The van der Waals surface area contributed by atoms with Crippen LogP contribution in [0.15, 0.2) is 0 Å². The van der Waals surface area contributed by atoms with E-state index in [4.69, 9.17) is 4.74 Å². The highest BCUT2D eigenvalue weighted by atomic mass is 19.4. The number of nitrogens with one attached hydrogen (secondary N) is 1. The lowest BCUT2D eigenvalue weighted by atomic mass is 10.0. The third kappa shape index (κ3) is 12.2. The largest absolute Gasteiger partial charge is 0.411 e. The lowest BCUT2D eigenvalue weighted by Gasteiger charge is -2.19. The standard InChI is InChI=1S/C13H26F3NO/c1-4-8-17-12(7-5-6-11(2)3)9-18-10-13(14,15)16/h11-12,17H,4-10H2,1-3H3. The van der Waals surface area contributed by atoms with E-state index in [0.29, 0.717) is 5.92 Å². The van der Waals surface area contributed by atoms with Crippen LogP contribution in [0.5, 0.6) is 0 Å². The summed E-state index contributed by atoms with van der Waals surface area (Å²) in [6, 6.07) is 0.0334. The van der Waals surface area contributed by atoms with Crippen molar-refractivity contribution in [1.82, 2.24) is 5.32 Å². The van der Waals surface area contributed by atoms with Crippen molar-refractivity contribution in [3.05, 3.63) is 0 Å². The van der Waals surface area contributed by atoms with Gasteiger partial charge in [-0.15, -0.1) is 0 Å². The van der Waals surface area contributed by atoms with Gasteiger partial charge in [0.25, 0.3) is 0 Å². The zero-order valence-electron chi connectivity index (χ0n) is 11.6. The third-order valence-electron chi connectivity index (χ3n) is 2.60. The Kier molecular flexibility index (Phi) is 9.46. The number of ether oxygens (including phenoxy) is 1. The van der Waals surface area contributed by atoms with Gasteiger partial charge in [0.15, 0.2) is 0 Å². The van der Waals surface area contributed by atoms with Crippen molar-refractivity contribution in [2.45, 2.75) is 58.7 Å². The van der Waals surface area contributed by atoms with Gasteiger partial charge in [-0.3, -0.25) is 0 Å². The molecule has 0 saturated carbocycles. The van der Waals surface area contributed by atoms with E-state index in [2.05, 4.69) is 19.2 Å². The van der Waals surface area contributed by atoms with Gasteiger partial charge in [-0.25, -0.2) is 0 Å². The predicted octanol–water partition coefficient (Wildman–Crippen LogP) is 3.76. The summed E-state index contributed by atoms with van der Waals surface area (Å²) in [6.45, 7) is 6.14. The zero-order valence-corrected chi connectivity index (χ0v) is 11.6. The van der Waals surface area contributed by atoms with Crippen LogP contribution in [0.1, 0.15) is 46.5 Å². The summed E-state index contributed by atoms with van der Waals surface area (Å²) in [6.07, 6.45) is -0.263. The molecule has 0 spiro atoms. The normalized spacial score (nSPS) is 14.2. The summed E-state index contributed by atoms with van der Waals surface area (Å²) < 4.78 is 40.6. The molecule has 0 aliphatic rings. The van der Waals surface area contributed by atoms with Crippen LogP contribution in [0.4, 0.5) is 13.2 Å². The molecule has 1 unspecified atom stereocenters. The maximum atomic E-state index is 12.0. The monoisotopic (exact) mass is 269 g/mol. The summed E-state index contributed by atoms with van der Waals surface area (Å²) in [5.74, 6) is 0.632. The van der Waals surface area contributed by atoms with Gasteiger partial charge < -0.3 is 10.1 Å². The fraction of sp³-hybridized carbons (Fsp3) is 1.00. The molecule has 0 fully saturated rings. The van der Waals surface area contributed by atoms with Crippen LogP contribution in [-0.4, -0.2) is 32.0 Å². The minimum absolute atomic E-state index is 0.0334. The first-order valence-electron chi connectivity index (χ1n) is 6.73. The van der Waals surface area contributed by atoms with Crippen LogP contribution in [0.3, 0.4) is 0 Å². The number of alkyl halides is 3. The first-order valence-corrected chi connectivity index (χ1v) is 6.73. The Morgan fingerprint density at radius 2 is 1.83 bits per heavy atom. The van der Waals surface area contributed by atoms with Crippen molar-refractivity contribution < 1.29 is 17.9 Å². The Morgan fingerprint density at radius 1 is 1.17 bits per heavy atom. The summed E-state index contributed by atoms with van der Waals surface area (Å²) in [7, 11) is 0. The van der Waals surface area contributed by atoms with Crippen LogP contribution in [-0.2, 0) is 4.74 Å². The van der Waals surface area contributed by atoms with Crippen LogP contribution in [0.25, 0.3) is 0 Å². The lowest BCUT2D eigenvalue weighted by Crippen LogP contribution is -2.35. The van der Waals surface area contributed by atoms with E-state index in [0.717, 1.165) is 32.2 Å². The molecule has 0 aliphatic heterocycles. The SMILES string of the molecule is CCCNC(CCCC(C)C)COCC(F)(F)F. The van der Waals surface area contributed by atoms with Crippen molar-refractivity contribution in [1.29, 1.82) is 0 Å².